The SMILES string of the molecule is Cc1cc(O)cc2oc(-c3ccc(O)c(O)c3)c(O)c(=O)c12. The lowest BCUT2D eigenvalue weighted by atomic mass is 10.1. The van der Waals surface area contributed by atoms with E-state index in [9.17, 15) is 25.2 Å². The van der Waals surface area contributed by atoms with Crippen molar-refractivity contribution in [2.45, 2.75) is 6.92 Å². The molecule has 2 aromatic carbocycles. The first-order valence-electron chi connectivity index (χ1n) is 6.40. The van der Waals surface area contributed by atoms with E-state index in [2.05, 4.69) is 0 Å². The number of rotatable bonds is 1. The fourth-order valence-electron chi connectivity index (χ4n) is 2.35. The summed E-state index contributed by atoms with van der Waals surface area (Å²) in [5.74, 6) is -1.57. The molecule has 0 fully saturated rings. The Kier molecular flexibility index (Phi) is 2.95. The molecule has 0 aliphatic heterocycles. The molecule has 0 unspecified atom stereocenters. The Labute approximate surface area is 124 Å². The molecule has 1 aromatic heterocycles. The van der Waals surface area contributed by atoms with Crippen LogP contribution in [0.25, 0.3) is 22.3 Å². The summed E-state index contributed by atoms with van der Waals surface area (Å²) < 4.78 is 5.51. The average Bonchev–Trinajstić information content (AvgIpc) is 2.45. The lowest BCUT2D eigenvalue weighted by molar-refractivity contribution is 0.403. The second-order valence-corrected chi connectivity index (χ2v) is 4.95. The van der Waals surface area contributed by atoms with Crippen LogP contribution in [-0.4, -0.2) is 20.4 Å². The van der Waals surface area contributed by atoms with Crippen LogP contribution < -0.4 is 5.43 Å². The van der Waals surface area contributed by atoms with Crippen molar-refractivity contribution < 1.29 is 24.8 Å². The monoisotopic (exact) mass is 300 g/mol. The van der Waals surface area contributed by atoms with E-state index in [4.69, 9.17) is 4.42 Å². The number of benzene rings is 2. The van der Waals surface area contributed by atoms with Gasteiger partial charge < -0.3 is 24.8 Å². The van der Waals surface area contributed by atoms with Gasteiger partial charge in [0.1, 0.15) is 11.3 Å². The van der Waals surface area contributed by atoms with Crippen LogP contribution in [0, 0.1) is 6.92 Å². The molecule has 6 nitrogen and oxygen atoms in total. The third-order valence-electron chi connectivity index (χ3n) is 3.39. The molecule has 1 heterocycles. The quantitative estimate of drug-likeness (QED) is 0.514. The van der Waals surface area contributed by atoms with E-state index >= 15 is 0 Å². The highest BCUT2D eigenvalue weighted by molar-refractivity contribution is 5.86. The van der Waals surface area contributed by atoms with Crippen LogP contribution in [0.15, 0.2) is 39.5 Å². The molecule has 3 aromatic rings. The summed E-state index contributed by atoms with van der Waals surface area (Å²) in [4.78, 5) is 12.3. The van der Waals surface area contributed by atoms with Gasteiger partial charge in [-0.1, -0.05) is 0 Å². The van der Waals surface area contributed by atoms with Crippen LogP contribution in [-0.2, 0) is 0 Å². The predicted molar refractivity (Wildman–Crippen MR) is 79.3 cm³/mol. The highest BCUT2D eigenvalue weighted by atomic mass is 16.4. The molecule has 0 aliphatic rings. The molecule has 0 amide bonds. The molecule has 0 saturated carbocycles. The maximum atomic E-state index is 12.3. The maximum absolute atomic E-state index is 12.3. The van der Waals surface area contributed by atoms with E-state index in [0.717, 1.165) is 6.07 Å². The Hall–Kier alpha value is -3.15. The maximum Gasteiger partial charge on any atom is 0.235 e. The number of phenols is 3. The van der Waals surface area contributed by atoms with Crippen molar-refractivity contribution in [1.29, 1.82) is 0 Å². The summed E-state index contributed by atoms with van der Waals surface area (Å²) in [5, 5.41) is 38.7. The molecule has 0 bridgehead atoms. The van der Waals surface area contributed by atoms with E-state index in [-0.39, 0.29) is 33.8 Å². The standard InChI is InChI=1S/C16H12O6/c1-7-4-9(17)6-12-13(7)14(20)15(21)16(22-12)8-2-3-10(18)11(19)5-8/h2-6,17-19,21H,1H3. The van der Waals surface area contributed by atoms with E-state index < -0.39 is 16.9 Å². The van der Waals surface area contributed by atoms with Gasteiger partial charge in [0.2, 0.25) is 11.2 Å². The van der Waals surface area contributed by atoms with Crippen LogP contribution in [0.3, 0.4) is 0 Å². The normalized spacial score (nSPS) is 11.0. The summed E-state index contributed by atoms with van der Waals surface area (Å²) in [6, 6.07) is 6.42. The molecular formula is C16H12O6. The molecule has 0 saturated heterocycles. The third-order valence-corrected chi connectivity index (χ3v) is 3.39. The van der Waals surface area contributed by atoms with Crippen molar-refractivity contribution in [1.82, 2.24) is 0 Å². The van der Waals surface area contributed by atoms with Crippen LogP contribution in [0.2, 0.25) is 0 Å². The third kappa shape index (κ3) is 2.01. The van der Waals surface area contributed by atoms with Crippen molar-refractivity contribution in [3.63, 3.8) is 0 Å². The number of phenolic OH excluding ortho intramolecular Hbond substituents is 3. The number of hydrogen-bond donors (Lipinski definition) is 4. The minimum absolute atomic E-state index is 0.0710. The van der Waals surface area contributed by atoms with Gasteiger partial charge in [0.15, 0.2) is 17.3 Å². The zero-order valence-electron chi connectivity index (χ0n) is 11.5. The summed E-state index contributed by atoms with van der Waals surface area (Å²) in [5.41, 5.74) is 0.163. The second kappa shape index (κ2) is 4.70. The summed E-state index contributed by atoms with van der Waals surface area (Å²) in [6.07, 6.45) is 0. The molecule has 3 rings (SSSR count). The lowest BCUT2D eigenvalue weighted by Crippen LogP contribution is -2.04. The molecule has 4 N–H and O–H groups in total. The van der Waals surface area contributed by atoms with E-state index in [1.807, 2.05) is 0 Å². The molecular weight excluding hydrogens is 288 g/mol. The molecule has 6 heteroatoms. The Bertz CT molecular complexity index is 955. The summed E-state index contributed by atoms with van der Waals surface area (Å²) >= 11 is 0. The summed E-state index contributed by atoms with van der Waals surface area (Å²) in [6.45, 7) is 1.62. The van der Waals surface area contributed by atoms with E-state index in [1.165, 1.54) is 24.3 Å². The van der Waals surface area contributed by atoms with Crippen molar-refractivity contribution in [3.8, 4) is 34.3 Å². The number of fused-ring (bicyclic) bond motifs is 1. The zero-order chi connectivity index (χ0) is 16.0. The minimum Gasteiger partial charge on any atom is -0.508 e. The largest absolute Gasteiger partial charge is 0.508 e. The first kappa shape index (κ1) is 13.8. The van der Waals surface area contributed by atoms with E-state index in [1.54, 1.807) is 6.92 Å². The number of hydrogen-bond acceptors (Lipinski definition) is 6. The first-order valence-corrected chi connectivity index (χ1v) is 6.40. The van der Waals surface area contributed by atoms with Crippen molar-refractivity contribution in [2.24, 2.45) is 0 Å². The van der Waals surface area contributed by atoms with Gasteiger partial charge in [-0.3, -0.25) is 4.79 Å². The Morgan fingerprint density at radius 1 is 0.955 bits per heavy atom. The fourth-order valence-corrected chi connectivity index (χ4v) is 2.35. The Balaban J connectivity index is 2.38. The summed E-state index contributed by atoms with van der Waals surface area (Å²) in [7, 11) is 0. The van der Waals surface area contributed by atoms with Crippen molar-refractivity contribution in [3.05, 3.63) is 46.1 Å². The second-order valence-electron chi connectivity index (χ2n) is 4.95. The van der Waals surface area contributed by atoms with Crippen LogP contribution >= 0.6 is 0 Å². The van der Waals surface area contributed by atoms with Gasteiger partial charge in [0.25, 0.3) is 0 Å². The topological polar surface area (TPSA) is 111 Å². The fraction of sp³-hybridized carbons (Fsp3) is 0.0625. The van der Waals surface area contributed by atoms with Crippen LogP contribution in [0.5, 0.6) is 23.0 Å². The van der Waals surface area contributed by atoms with Gasteiger partial charge in [-0.2, -0.15) is 0 Å². The molecule has 0 spiro atoms. The van der Waals surface area contributed by atoms with Crippen LogP contribution in [0.1, 0.15) is 5.56 Å². The smallest absolute Gasteiger partial charge is 0.235 e. The molecule has 112 valence electrons. The van der Waals surface area contributed by atoms with Gasteiger partial charge in [0.05, 0.1) is 5.39 Å². The molecule has 0 radical (unpaired) electrons. The predicted octanol–water partition coefficient (Wildman–Crippen LogP) is 2.59. The molecule has 22 heavy (non-hydrogen) atoms. The molecule has 0 atom stereocenters. The molecule has 0 aliphatic carbocycles. The van der Waals surface area contributed by atoms with Gasteiger partial charge >= 0.3 is 0 Å². The Morgan fingerprint density at radius 3 is 2.36 bits per heavy atom. The lowest BCUT2D eigenvalue weighted by Gasteiger charge is -2.08. The van der Waals surface area contributed by atoms with Crippen molar-refractivity contribution in [2.75, 3.05) is 0 Å². The number of aryl methyl sites for hydroxylation is 1. The number of aromatic hydroxyl groups is 4. The highest BCUT2D eigenvalue weighted by Gasteiger charge is 2.18. The Morgan fingerprint density at radius 2 is 1.68 bits per heavy atom. The van der Waals surface area contributed by atoms with Crippen molar-refractivity contribution >= 4 is 11.0 Å². The zero-order valence-corrected chi connectivity index (χ0v) is 11.5. The van der Waals surface area contributed by atoms with Crippen LogP contribution in [0.4, 0.5) is 0 Å². The minimum atomic E-state index is -0.638. The average molecular weight is 300 g/mol. The highest BCUT2D eigenvalue weighted by Crippen LogP contribution is 2.36. The van der Waals surface area contributed by atoms with Gasteiger partial charge in [-0.25, -0.2) is 0 Å². The van der Waals surface area contributed by atoms with Gasteiger partial charge in [-0.15, -0.1) is 0 Å². The van der Waals surface area contributed by atoms with Gasteiger partial charge in [-0.05, 0) is 36.8 Å². The van der Waals surface area contributed by atoms with Gasteiger partial charge in [0, 0.05) is 11.6 Å². The van der Waals surface area contributed by atoms with E-state index in [0.29, 0.717) is 5.56 Å². The first-order chi connectivity index (χ1) is 10.4.